The number of nitrogens with one attached hydrogen (secondary N) is 1. The van der Waals surface area contributed by atoms with E-state index in [0.29, 0.717) is 9.88 Å². The van der Waals surface area contributed by atoms with Gasteiger partial charge in [-0.05, 0) is 6.92 Å². The van der Waals surface area contributed by atoms with E-state index in [1.165, 1.54) is 11.3 Å². The van der Waals surface area contributed by atoms with E-state index in [0.717, 1.165) is 0 Å². The van der Waals surface area contributed by atoms with Crippen molar-refractivity contribution in [2.24, 2.45) is 5.92 Å². The fourth-order valence-corrected chi connectivity index (χ4v) is 2.62. The standard InChI is InChI=1S/C12H18N2O3S/c1-5-17-12(16)7-8(13)10(9(15)6(2)3)18-11(7)14-4/h6,14H,5,13H2,1-4H3. The Balaban J connectivity index is 3.26. The molecule has 0 radical (unpaired) electrons. The first-order valence-corrected chi connectivity index (χ1v) is 6.56. The third kappa shape index (κ3) is 2.64. The van der Waals surface area contributed by atoms with Crippen LogP contribution in [0.25, 0.3) is 0 Å². The predicted octanol–water partition coefficient (Wildman–Crippen LogP) is 2.39. The van der Waals surface area contributed by atoms with Gasteiger partial charge >= 0.3 is 5.97 Å². The number of ketones is 1. The minimum absolute atomic E-state index is 0.0652. The lowest BCUT2D eigenvalue weighted by Gasteiger charge is -2.04. The molecular formula is C12H18N2O3S. The second-order valence-electron chi connectivity index (χ2n) is 4.04. The number of anilines is 2. The Morgan fingerprint density at radius 2 is 2.06 bits per heavy atom. The summed E-state index contributed by atoms with van der Waals surface area (Å²) in [6.07, 6.45) is 0. The van der Waals surface area contributed by atoms with E-state index >= 15 is 0 Å². The van der Waals surface area contributed by atoms with Crippen LogP contribution in [0.3, 0.4) is 0 Å². The molecule has 0 atom stereocenters. The summed E-state index contributed by atoms with van der Waals surface area (Å²) in [6, 6.07) is 0. The van der Waals surface area contributed by atoms with E-state index in [2.05, 4.69) is 5.32 Å². The van der Waals surface area contributed by atoms with Gasteiger partial charge in [0.25, 0.3) is 0 Å². The molecule has 0 aromatic carbocycles. The van der Waals surface area contributed by atoms with Crippen LogP contribution in [0.1, 0.15) is 40.8 Å². The molecule has 1 aromatic heterocycles. The van der Waals surface area contributed by atoms with E-state index in [9.17, 15) is 9.59 Å². The second-order valence-corrected chi connectivity index (χ2v) is 5.06. The summed E-state index contributed by atoms with van der Waals surface area (Å²) < 4.78 is 4.94. The zero-order valence-electron chi connectivity index (χ0n) is 11.0. The van der Waals surface area contributed by atoms with Crippen molar-refractivity contribution in [1.29, 1.82) is 0 Å². The summed E-state index contributed by atoms with van der Waals surface area (Å²) in [4.78, 5) is 24.2. The highest BCUT2D eigenvalue weighted by molar-refractivity contribution is 7.19. The van der Waals surface area contributed by atoms with Crippen LogP contribution in [-0.4, -0.2) is 25.4 Å². The number of rotatable bonds is 5. The maximum Gasteiger partial charge on any atom is 0.343 e. The van der Waals surface area contributed by atoms with Gasteiger partial charge in [0.15, 0.2) is 5.78 Å². The number of nitrogens with two attached hydrogens (primary N) is 1. The van der Waals surface area contributed by atoms with Crippen molar-refractivity contribution >= 4 is 33.8 Å². The van der Waals surface area contributed by atoms with Crippen molar-refractivity contribution < 1.29 is 14.3 Å². The van der Waals surface area contributed by atoms with Crippen molar-refractivity contribution in [3.8, 4) is 0 Å². The lowest BCUT2D eigenvalue weighted by atomic mass is 10.1. The minimum atomic E-state index is -0.501. The third-order valence-electron chi connectivity index (χ3n) is 2.40. The van der Waals surface area contributed by atoms with Crippen LogP contribution in [0.5, 0.6) is 0 Å². The molecule has 0 aliphatic heterocycles. The van der Waals surface area contributed by atoms with Crippen LogP contribution in [0, 0.1) is 5.92 Å². The number of Topliss-reactive ketones (excluding diaryl/α,β-unsaturated/α-hetero) is 1. The zero-order valence-corrected chi connectivity index (χ0v) is 11.8. The average molecular weight is 270 g/mol. The fourth-order valence-electron chi connectivity index (χ4n) is 1.47. The van der Waals surface area contributed by atoms with Gasteiger partial charge in [0.1, 0.15) is 10.6 Å². The molecule has 1 aromatic rings. The Morgan fingerprint density at radius 3 is 2.50 bits per heavy atom. The number of carbonyl (C=O) groups is 2. The molecule has 1 heterocycles. The van der Waals surface area contributed by atoms with E-state index in [-0.39, 0.29) is 29.6 Å². The zero-order chi connectivity index (χ0) is 13.9. The highest BCUT2D eigenvalue weighted by Gasteiger charge is 2.26. The molecule has 0 saturated carbocycles. The Morgan fingerprint density at radius 1 is 1.44 bits per heavy atom. The molecule has 0 aliphatic carbocycles. The summed E-state index contributed by atoms with van der Waals surface area (Å²) in [5.74, 6) is -0.728. The molecule has 6 heteroatoms. The van der Waals surface area contributed by atoms with Gasteiger partial charge in [-0.15, -0.1) is 11.3 Å². The topological polar surface area (TPSA) is 81.4 Å². The van der Waals surface area contributed by atoms with Crippen molar-refractivity contribution in [2.75, 3.05) is 24.7 Å². The molecule has 5 nitrogen and oxygen atoms in total. The molecule has 0 fully saturated rings. The number of ether oxygens (including phenoxy) is 1. The molecule has 100 valence electrons. The Hall–Kier alpha value is -1.56. The predicted molar refractivity (Wildman–Crippen MR) is 73.4 cm³/mol. The summed E-state index contributed by atoms with van der Waals surface area (Å²) in [7, 11) is 1.68. The number of nitrogen functional groups attached to an aromatic ring is 1. The molecule has 0 bridgehead atoms. The van der Waals surface area contributed by atoms with Gasteiger partial charge in [0.2, 0.25) is 0 Å². The molecule has 1 rings (SSSR count). The normalized spacial score (nSPS) is 10.5. The van der Waals surface area contributed by atoms with E-state index < -0.39 is 5.97 Å². The van der Waals surface area contributed by atoms with Gasteiger partial charge < -0.3 is 15.8 Å². The van der Waals surface area contributed by atoms with Gasteiger partial charge in [0, 0.05) is 13.0 Å². The monoisotopic (exact) mass is 270 g/mol. The number of thiophene rings is 1. The first-order valence-electron chi connectivity index (χ1n) is 5.75. The van der Waals surface area contributed by atoms with Crippen LogP contribution < -0.4 is 11.1 Å². The summed E-state index contributed by atoms with van der Waals surface area (Å²) >= 11 is 1.19. The van der Waals surface area contributed by atoms with Crippen LogP contribution in [-0.2, 0) is 4.74 Å². The van der Waals surface area contributed by atoms with Gasteiger partial charge in [-0.25, -0.2) is 4.79 Å². The summed E-state index contributed by atoms with van der Waals surface area (Å²) in [5, 5.41) is 3.44. The number of hydrogen-bond donors (Lipinski definition) is 2. The largest absolute Gasteiger partial charge is 0.462 e. The SMILES string of the molecule is CCOC(=O)c1c(NC)sc(C(=O)C(C)C)c1N. The maximum atomic E-state index is 12.0. The van der Waals surface area contributed by atoms with Gasteiger partial charge in [-0.2, -0.15) is 0 Å². The molecule has 0 unspecified atom stereocenters. The molecule has 18 heavy (non-hydrogen) atoms. The van der Waals surface area contributed by atoms with E-state index in [1.807, 2.05) is 0 Å². The maximum absolute atomic E-state index is 12.0. The van der Waals surface area contributed by atoms with Crippen LogP contribution >= 0.6 is 11.3 Å². The molecule has 0 amide bonds. The fraction of sp³-hybridized carbons (Fsp3) is 0.500. The van der Waals surface area contributed by atoms with Crippen LogP contribution in [0.4, 0.5) is 10.7 Å². The summed E-state index contributed by atoms with van der Waals surface area (Å²) in [5.41, 5.74) is 6.37. The van der Waals surface area contributed by atoms with E-state index in [4.69, 9.17) is 10.5 Å². The van der Waals surface area contributed by atoms with Crippen molar-refractivity contribution in [2.45, 2.75) is 20.8 Å². The number of hydrogen-bond acceptors (Lipinski definition) is 6. The Labute approximate surface area is 110 Å². The first kappa shape index (κ1) is 14.5. The van der Waals surface area contributed by atoms with E-state index in [1.54, 1.807) is 27.8 Å². The molecule has 3 N–H and O–H groups in total. The summed E-state index contributed by atoms with van der Waals surface area (Å²) in [6.45, 7) is 5.58. The minimum Gasteiger partial charge on any atom is -0.462 e. The van der Waals surface area contributed by atoms with Crippen molar-refractivity contribution in [3.05, 3.63) is 10.4 Å². The van der Waals surface area contributed by atoms with Gasteiger partial charge in [0.05, 0.1) is 17.2 Å². The highest BCUT2D eigenvalue weighted by atomic mass is 32.1. The van der Waals surface area contributed by atoms with Crippen LogP contribution in [0.2, 0.25) is 0 Å². The van der Waals surface area contributed by atoms with Gasteiger partial charge in [-0.1, -0.05) is 13.8 Å². The smallest absolute Gasteiger partial charge is 0.343 e. The van der Waals surface area contributed by atoms with Crippen LogP contribution in [0.15, 0.2) is 0 Å². The highest BCUT2D eigenvalue weighted by Crippen LogP contribution is 2.37. The molecule has 0 spiro atoms. The van der Waals surface area contributed by atoms with Crippen molar-refractivity contribution in [3.63, 3.8) is 0 Å². The lowest BCUT2D eigenvalue weighted by molar-refractivity contribution is 0.0529. The van der Waals surface area contributed by atoms with Crippen molar-refractivity contribution in [1.82, 2.24) is 0 Å². The third-order valence-corrected chi connectivity index (χ3v) is 3.64. The molecule has 0 aliphatic rings. The number of esters is 1. The molecular weight excluding hydrogens is 252 g/mol. The Bertz CT molecular complexity index is 466. The molecule has 0 saturated heterocycles. The first-order chi connectivity index (χ1) is 8.43. The average Bonchev–Trinajstić information content (AvgIpc) is 2.65. The quantitative estimate of drug-likeness (QED) is 0.634. The lowest BCUT2D eigenvalue weighted by Crippen LogP contribution is -2.11. The second kappa shape index (κ2) is 5.86. The number of carbonyl (C=O) groups excluding carboxylic acids is 2. The Kier molecular flexibility index (Phi) is 4.72. The van der Waals surface area contributed by atoms with Gasteiger partial charge in [-0.3, -0.25) is 4.79 Å².